The van der Waals surface area contributed by atoms with Gasteiger partial charge < -0.3 is 14.8 Å². The van der Waals surface area contributed by atoms with Gasteiger partial charge in [-0.3, -0.25) is 4.79 Å². The number of nitrogens with one attached hydrogen (secondary N) is 1. The summed E-state index contributed by atoms with van der Waals surface area (Å²) in [5, 5.41) is 2.05. The van der Waals surface area contributed by atoms with Gasteiger partial charge >= 0.3 is 0 Å². The molecule has 1 fully saturated rings. The van der Waals surface area contributed by atoms with Crippen molar-refractivity contribution in [3.63, 3.8) is 0 Å². The number of hydrogen-bond donors (Lipinski definition) is 1. The van der Waals surface area contributed by atoms with Crippen molar-refractivity contribution in [3.05, 3.63) is 59.8 Å². The fraction of sp³-hybridized carbons (Fsp3) is 0.238. The largest absolute Gasteiger partial charge is 0.360 e. The molecular weight excluding hydrogens is 356 g/mol. The van der Waals surface area contributed by atoms with E-state index in [9.17, 15) is 4.79 Å². The van der Waals surface area contributed by atoms with Gasteiger partial charge in [0.1, 0.15) is 0 Å². The summed E-state index contributed by atoms with van der Waals surface area (Å²) in [4.78, 5) is 25.3. The molecule has 0 spiro atoms. The van der Waals surface area contributed by atoms with Crippen LogP contribution < -0.4 is 4.90 Å². The fourth-order valence-electron chi connectivity index (χ4n) is 3.73. The Balaban J connectivity index is 1.33. The van der Waals surface area contributed by atoms with Gasteiger partial charge in [0.15, 0.2) is 5.13 Å². The molecule has 1 amide bonds. The Morgan fingerprint density at radius 2 is 1.89 bits per heavy atom. The quantitative estimate of drug-likeness (QED) is 0.574. The molecule has 0 radical (unpaired) electrons. The van der Waals surface area contributed by atoms with Gasteiger partial charge in [-0.1, -0.05) is 41.7 Å². The lowest BCUT2D eigenvalue weighted by Gasteiger charge is -2.34. The van der Waals surface area contributed by atoms with Crippen LogP contribution in [0.4, 0.5) is 5.13 Å². The zero-order valence-corrected chi connectivity index (χ0v) is 15.9. The molecule has 2 aromatic heterocycles. The molecule has 0 saturated carbocycles. The third-order valence-corrected chi connectivity index (χ3v) is 6.35. The molecule has 1 saturated heterocycles. The average Bonchev–Trinajstić information content (AvgIpc) is 3.33. The lowest BCUT2D eigenvalue weighted by atomic mass is 10.1. The number of hydrogen-bond acceptors (Lipinski definition) is 4. The van der Waals surface area contributed by atoms with Gasteiger partial charge in [0, 0.05) is 43.3 Å². The Morgan fingerprint density at radius 3 is 2.70 bits per heavy atom. The molecular formula is C21H20N4OS. The first kappa shape index (κ1) is 16.3. The average molecular weight is 376 g/mol. The number of H-pyrrole nitrogens is 1. The Morgan fingerprint density at radius 1 is 1.07 bits per heavy atom. The van der Waals surface area contributed by atoms with Crippen LogP contribution in [0.3, 0.4) is 0 Å². The topological polar surface area (TPSA) is 52.2 Å². The Bertz CT molecular complexity index is 1140. The van der Waals surface area contributed by atoms with Crippen LogP contribution in [-0.2, 0) is 0 Å². The van der Waals surface area contributed by atoms with Crippen LogP contribution >= 0.6 is 11.3 Å². The maximum absolute atomic E-state index is 13.0. The Labute approximate surface area is 161 Å². The first-order valence-electron chi connectivity index (χ1n) is 9.17. The smallest absolute Gasteiger partial charge is 0.256 e. The minimum absolute atomic E-state index is 0.104. The van der Waals surface area contributed by atoms with Gasteiger partial charge in [-0.25, -0.2) is 4.98 Å². The number of aromatic amines is 1. The van der Waals surface area contributed by atoms with Crippen LogP contribution in [0.15, 0.2) is 48.7 Å². The van der Waals surface area contributed by atoms with Crippen molar-refractivity contribution in [2.45, 2.75) is 6.92 Å². The van der Waals surface area contributed by atoms with Crippen molar-refractivity contribution >= 4 is 43.5 Å². The second kappa shape index (κ2) is 6.39. The highest BCUT2D eigenvalue weighted by atomic mass is 32.1. The van der Waals surface area contributed by atoms with Gasteiger partial charge in [0.2, 0.25) is 0 Å². The number of anilines is 1. The fourth-order valence-corrected chi connectivity index (χ4v) is 4.82. The molecule has 1 N–H and O–H groups in total. The van der Waals surface area contributed by atoms with E-state index in [-0.39, 0.29) is 5.91 Å². The summed E-state index contributed by atoms with van der Waals surface area (Å²) in [5.41, 5.74) is 4.07. The molecule has 2 aromatic carbocycles. The molecule has 3 heterocycles. The summed E-state index contributed by atoms with van der Waals surface area (Å²) in [6, 6.07) is 14.3. The van der Waals surface area contributed by atoms with E-state index in [1.807, 2.05) is 35.4 Å². The van der Waals surface area contributed by atoms with Crippen molar-refractivity contribution in [2.24, 2.45) is 0 Å². The molecule has 5 nitrogen and oxygen atoms in total. The summed E-state index contributed by atoms with van der Waals surface area (Å²) in [6.07, 6.45) is 1.83. The number of piperazine rings is 1. The van der Waals surface area contributed by atoms with Gasteiger partial charge in [0.25, 0.3) is 5.91 Å². The molecule has 5 rings (SSSR count). The molecule has 0 aliphatic carbocycles. The minimum atomic E-state index is 0.104. The highest BCUT2D eigenvalue weighted by Gasteiger charge is 2.25. The molecule has 0 bridgehead atoms. The minimum Gasteiger partial charge on any atom is -0.360 e. The number of nitrogens with zero attached hydrogens (tertiary/aromatic N) is 3. The standard InChI is InChI=1S/C21H20N4OS/c1-14-5-4-8-18-19(14)23-21(27-18)25-11-9-24(10-12-25)20(26)16-13-22-17-7-3-2-6-15(16)17/h2-8,13,22H,9-12H2,1H3. The highest BCUT2D eigenvalue weighted by Crippen LogP contribution is 2.31. The van der Waals surface area contributed by atoms with E-state index in [2.05, 4.69) is 35.0 Å². The SMILES string of the molecule is Cc1cccc2sc(N3CCN(C(=O)c4c[nH]c5ccccc45)CC3)nc12. The zero-order valence-electron chi connectivity index (χ0n) is 15.1. The number of fused-ring (bicyclic) bond motifs is 2. The number of amides is 1. The summed E-state index contributed by atoms with van der Waals surface area (Å²) in [6.45, 7) is 5.16. The van der Waals surface area contributed by atoms with Gasteiger partial charge in [-0.05, 0) is 24.6 Å². The number of aromatic nitrogens is 2. The predicted molar refractivity (Wildman–Crippen MR) is 111 cm³/mol. The normalized spacial score (nSPS) is 15.0. The van der Waals surface area contributed by atoms with E-state index in [1.165, 1.54) is 10.3 Å². The third-order valence-electron chi connectivity index (χ3n) is 5.27. The lowest BCUT2D eigenvalue weighted by Crippen LogP contribution is -2.48. The van der Waals surface area contributed by atoms with Crippen LogP contribution in [0.1, 0.15) is 15.9 Å². The van der Waals surface area contributed by atoms with Crippen LogP contribution in [0, 0.1) is 6.92 Å². The molecule has 6 heteroatoms. The molecule has 27 heavy (non-hydrogen) atoms. The predicted octanol–water partition coefficient (Wildman–Crippen LogP) is 4.05. The summed E-state index contributed by atoms with van der Waals surface area (Å²) >= 11 is 1.73. The maximum Gasteiger partial charge on any atom is 0.256 e. The van der Waals surface area contributed by atoms with Gasteiger partial charge in [-0.15, -0.1) is 0 Å². The highest BCUT2D eigenvalue weighted by molar-refractivity contribution is 7.22. The lowest BCUT2D eigenvalue weighted by molar-refractivity contribution is 0.0749. The molecule has 1 aliphatic heterocycles. The molecule has 0 atom stereocenters. The molecule has 0 unspecified atom stereocenters. The Hall–Kier alpha value is -2.86. The van der Waals surface area contributed by atoms with E-state index < -0.39 is 0 Å². The summed E-state index contributed by atoms with van der Waals surface area (Å²) in [7, 11) is 0. The van der Waals surface area contributed by atoms with Crippen molar-refractivity contribution < 1.29 is 4.79 Å². The maximum atomic E-state index is 13.0. The molecule has 1 aliphatic rings. The van der Waals surface area contributed by atoms with E-state index in [1.54, 1.807) is 11.3 Å². The van der Waals surface area contributed by atoms with E-state index >= 15 is 0 Å². The van der Waals surface area contributed by atoms with Crippen molar-refractivity contribution in [1.29, 1.82) is 0 Å². The van der Waals surface area contributed by atoms with Crippen molar-refractivity contribution in [1.82, 2.24) is 14.9 Å². The Kier molecular flexibility index (Phi) is 3.86. The van der Waals surface area contributed by atoms with E-state index in [0.717, 1.165) is 40.2 Å². The van der Waals surface area contributed by atoms with Crippen LogP contribution in [0.25, 0.3) is 21.1 Å². The van der Waals surface area contributed by atoms with E-state index in [0.29, 0.717) is 13.1 Å². The van der Waals surface area contributed by atoms with Gasteiger partial charge in [-0.2, -0.15) is 0 Å². The van der Waals surface area contributed by atoms with Crippen LogP contribution in [0.2, 0.25) is 0 Å². The van der Waals surface area contributed by atoms with Crippen molar-refractivity contribution in [2.75, 3.05) is 31.1 Å². The second-order valence-electron chi connectivity index (χ2n) is 6.95. The summed E-state index contributed by atoms with van der Waals surface area (Å²) in [5.74, 6) is 0.104. The number of aryl methyl sites for hydroxylation is 1. The molecule has 136 valence electrons. The first-order valence-corrected chi connectivity index (χ1v) is 9.99. The monoisotopic (exact) mass is 376 g/mol. The number of benzene rings is 2. The third kappa shape index (κ3) is 2.77. The second-order valence-corrected chi connectivity index (χ2v) is 7.95. The van der Waals surface area contributed by atoms with Crippen molar-refractivity contribution in [3.8, 4) is 0 Å². The molecule has 4 aromatic rings. The van der Waals surface area contributed by atoms with Gasteiger partial charge in [0.05, 0.1) is 15.8 Å². The zero-order chi connectivity index (χ0) is 18.4. The summed E-state index contributed by atoms with van der Waals surface area (Å²) < 4.78 is 1.22. The number of rotatable bonds is 2. The van der Waals surface area contributed by atoms with Crippen LogP contribution in [0.5, 0.6) is 0 Å². The number of carbonyl (C=O) groups is 1. The number of carbonyl (C=O) groups excluding carboxylic acids is 1. The first-order chi connectivity index (χ1) is 13.2. The number of thiazole rings is 1. The van der Waals surface area contributed by atoms with E-state index in [4.69, 9.17) is 4.98 Å². The number of para-hydroxylation sites is 2. The van der Waals surface area contributed by atoms with Crippen LogP contribution in [-0.4, -0.2) is 47.0 Å².